The zero-order valence-corrected chi connectivity index (χ0v) is 16.3. The minimum Gasteiger partial charge on any atom is -0.477 e. The average molecular weight is 424 g/mol. The first-order chi connectivity index (χ1) is 14.2. The van der Waals surface area contributed by atoms with E-state index in [1.165, 1.54) is 0 Å². The van der Waals surface area contributed by atoms with Gasteiger partial charge in [0, 0.05) is 5.56 Å². The summed E-state index contributed by atoms with van der Waals surface area (Å²) < 4.78 is 70.6. The number of hydrogen-bond donors (Lipinski definition) is 1. The molecular weight excluding hydrogens is 403 g/mol. The van der Waals surface area contributed by atoms with Gasteiger partial charge in [0.25, 0.3) is 0 Å². The Labute approximate surface area is 171 Å². The van der Waals surface area contributed by atoms with E-state index in [-0.39, 0.29) is 17.0 Å². The molecule has 0 radical (unpaired) electrons. The van der Waals surface area contributed by atoms with Crippen molar-refractivity contribution in [3.05, 3.63) is 70.6 Å². The summed E-state index contributed by atoms with van der Waals surface area (Å²) in [7, 11) is 0. The molecule has 3 rings (SSSR count). The maximum atomic E-state index is 15.1. The number of carbonyl (C=O) groups is 1. The van der Waals surface area contributed by atoms with Crippen LogP contribution in [0.2, 0.25) is 0 Å². The minimum absolute atomic E-state index is 0.137. The summed E-state index contributed by atoms with van der Waals surface area (Å²) in [5, 5.41) is 9.19. The van der Waals surface area contributed by atoms with Gasteiger partial charge in [-0.3, -0.25) is 0 Å². The Morgan fingerprint density at radius 3 is 2.10 bits per heavy atom. The molecular formula is C23H21F5O2. The molecule has 0 unspecified atom stereocenters. The molecule has 2 aromatic rings. The van der Waals surface area contributed by atoms with Gasteiger partial charge in [-0.15, -0.1) is 0 Å². The van der Waals surface area contributed by atoms with E-state index in [4.69, 9.17) is 0 Å². The molecule has 2 nitrogen and oxygen atoms in total. The number of rotatable bonds is 5. The smallest absolute Gasteiger partial charge is 0.341 e. The summed E-state index contributed by atoms with van der Waals surface area (Å²) in [4.78, 5) is 11.3. The number of aromatic carboxylic acids is 1. The lowest BCUT2D eigenvalue weighted by atomic mass is 9.76. The van der Waals surface area contributed by atoms with Crippen LogP contribution in [0.3, 0.4) is 0 Å². The first-order valence-corrected chi connectivity index (χ1v) is 9.81. The molecule has 0 heterocycles. The lowest BCUT2D eigenvalue weighted by Crippen LogP contribution is -2.16. The van der Waals surface area contributed by atoms with Crippen LogP contribution in [0.1, 0.15) is 60.9 Å². The fourth-order valence-corrected chi connectivity index (χ4v) is 4.10. The topological polar surface area (TPSA) is 37.3 Å². The Morgan fingerprint density at radius 2 is 1.57 bits per heavy atom. The van der Waals surface area contributed by atoms with Gasteiger partial charge in [-0.25, -0.2) is 26.7 Å². The van der Waals surface area contributed by atoms with Gasteiger partial charge >= 0.3 is 5.97 Å². The number of benzene rings is 2. The summed E-state index contributed by atoms with van der Waals surface area (Å²) in [5.41, 5.74) is -1.84. The van der Waals surface area contributed by atoms with Crippen LogP contribution in [-0.2, 0) is 0 Å². The molecule has 160 valence electrons. The van der Waals surface area contributed by atoms with E-state index in [1.54, 1.807) is 0 Å². The highest BCUT2D eigenvalue weighted by molar-refractivity contribution is 5.91. The van der Waals surface area contributed by atoms with Crippen molar-refractivity contribution in [3.8, 4) is 11.1 Å². The Balaban J connectivity index is 2.12. The van der Waals surface area contributed by atoms with E-state index in [1.807, 2.05) is 6.92 Å². The van der Waals surface area contributed by atoms with Gasteiger partial charge in [-0.05, 0) is 73.3 Å². The molecule has 0 bridgehead atoms. The fourth-order valence-electron chi connectivity index (χ4n) is 4.10. The molecule has 0 aliphatic heterocycles. The van der Waals surface area contributed by atoms with Crippen molar-refractivity contribution in [2.24, 2.45) is 5.92 Å². The van der Waals surface area contributed by atoms with Gasteiger partial charge < -0.3 is 5.11 Å². The summed E-state index contributed by atoms with van der Waals surface area (Å²) in [6.07, 6.45) is 7.73. The third kappa shape index (κ3) is 4.25. The second kappa shape index (κ2) is 8.98. The van der Waals surface area contributed by atoms with Crippen LogP contribution in [0, 0.1) is 35.0 Å². The van der Waals surface area contributed by atoms with Crippen LogP contribution in [0.5, 0.6) is 0 Å². The average Bonchev–Trinajstić information content (AvgIpc) is 2.69. The highest BCUT2D eigenvalue weighted by Crippen LogP contribution is 2.43. The van der Waals surface area contributed by atoms with Crippen molar-refractivity contribution in [2.45, 2.75) is 44.9 Å². The van der Waals surface area contributed by atoms with Gasteiger partial charge in [-0.1, -0.05) is 19.1 Å². The molecule has 2 aromatic carbocycles. The Morgan fingerprint density at radius 1 is 0.967 bits per heavy atom. The van der Waals surface area contributed by atoms with E-state index in [2.05, 4.69) is 12.2 Å². The molecule has 1 saturated carbocycles. The number of hydrogen-bond acceptors (Lipinski definition) is 1. The van der Waals surface area contributed by atoms with Crippen molar-refractivity contribution in [1.82, 2.24) is 0 Å². The maximum Gasteiger partial charge on any atom is 0.341 e. The van der Waals surface area contributed by atoms with Crippen LogP contribution in [0.4, 0.5) is 22.0 Å². The molecule has 0 spiro atoms. The quantitative estimate of drug-likeness (QED) is 0.319. The zero-order valence-electron chi connectivity index (χ0n) is 16.3. The first kappa shape index (κ1) is 22.0. The molecule has 0 aromatic heterocycles. The number of carboxylic acids is 1. The van der Waals surface area contributed by atoms with Crippen LogP contribution in [0.25, 0.3) is 11.1 Å². The predicted molar refractivity (Wildman–Crippen MR) is 103 cm³/mol. The summed E-state index contributed by atoms with van der Waals surface area (Å²) in [6, 6.07) is 2.12. The Bertz CT molecular complexity index is 969. The standard InChI is InChI=1S/C23H21F5O2/c1-2-3-4-12-5-7-13(8-6-12)15-11-16(24)20(23(29)30)22(28)19(15)14-9-17(25)21(27)18(26)10-14/h3-4,9-13H,2,5-8H2,1H3,(H,29,30). The van der Waals surface area contributed by atoms with Crippen molar-refractivity contribution >= 4 is 5.97 Å². The molecule has 1 aliphatic carbocycles. The molecule has 0 atom stereocenters. The lowest BCUT2D eigenvalue weighted by Gasteiger charge is -2.29. The Kier molecular flexibility index (Phi) is 6.58. The molecule has 30 heavy (non-hydrogen) atoms. The van der Waals surface area contributed by atoms with E-state index in [9.17, 15) is 27.5 Å². The minimum atomic E-state index is -1.84. The number of allylic oxidation sites excluding steroid dienone is 2. The molecule has 0 saturated heterocycles. The third-order valence-electron chi connectivity index (χ3n) is 5.59. The Hall–Kier alpha value is -2.70. The monoisotopic (exact) mass is 424 g/mol. The van der Waals surface area contributed by atoms with Gasteiger partial charge in [0.1, 0.15) is 17.2 Å². The van der Waals surface area contributed by atoms with E-state index in [0.717, 1.165) is 25.3 Å². The normalized spacial score (nSPS) is 19.4. The van der Waals surface area contributed by atoms with Gasteiger partial charge in [0.15, 0.2) is 17.5 Å². The number of halogens is 5. The van der Waals surface area contributed by atoms with Gasteiger partial charge in [0.05, 0.1) is 0 Å². The molecule has 1 N–H and O–H groups in total. The van der Waals surface area contributed by atoms with Gasteiger partial charge in [0.2, 0.25) is 0 Å². The van der Waals surface area contributed by atoms with Gasteiger partial charge in [-0.2, -0.15) is 0 Å². The summed E-state index contributed by atoms with van der Waals surface area (Å²) in [6.45, 7) is 2.02. The second-order valence-electron chi connectivity index (χ2n) is 7.52. The molecule has 7 heteroatoms. The molecule has 0 amide bonds. The van der Waals surface area contributed by atoms with Crippen molar-refractivity contribution < 1.29 is 31.9 Å². The summed E-state index contributed by atoms with van der Waals surface area (Å²) in [5.74, 6) is -9.30. The van der Waals surface area contributed by atoms with Crippen molar-refractivity contribution in [1.29, 1.82) is 0 Å². The fraction of sp³-hybridized carbons (Fsp3) is 0.348. The second-order valence-corrected chi connectivity index (χ2v) is 7.52. The summed E-state index contributed by atoms with van der Waals surface area (Å²) >= 11 is 0. The van der Waals surface area contributed by atoms with Crippen LogP contribution >= 0.6 is 0 Å². The largest absolute Gasteiger partial charge is 0.477 e. The van der Waals surface area contributed by atoms with E-state index >= 15 is 4.39 Å². The predicted octanol–water partition coefficient (Wildman–Crippen LogP) is 6.99. The van der Waals surface area contributed by atoms with E-state index < -0.39 is 46.2 Å². The maximum absolute atomic E-state index is 15.1. The molecule has 1 fully saturated rings. The molecule has 1 aliphatic rings. The van der Waals surface area contributed by atoms with Crippen LogP contribution < -0.4 is 0 Å². The highest BCUT2D eigenvalue weighted by atomic mass is 19.2. The first-order valence-electron chi connectivity index (χ1n) is 9.81. The number of carboxylic acid groups (broad SMARTS) is 1. The zero-order chi connectivity index (χ0) is 22.0. The highest BCUT2D eigenvalue weighted by Gasteiger charge is 2.30. The van der Waals surface area contributed by atoms with E-state index in [0.29, 0.717) is 30.9 Å². The van der Waals surface area contributed by atoms with Crippen molar-refractivity contribution in [3.63, 3.8) is 0 Å². The van der Waals surface area contributed by atoms with Crippen LogP contribution in [-0.4, -0.2) is 11.1 Å². The SMILES string of the molecule is CCC=CC1CCC(c2cc(F)c(C(=O)O)c(F)c2-c2cc(F)c(F)c(F)c2)CC1. The third-order valence-corrected chi connectivity index (χ3v) is 5.59. The lowest BCUT2D eigenvalue weighted by molar-refractivity contribution is 0.0686. The van der Waals surface area contributed by atoms with Crippen LogP contribution in [0.15, 0.2) is 30.4 Å². The van der Waals surface area contributed by atoms with Crippen molar-refractivity contribution in [2.75, 3.05) is 0 Å².